The minimum atomic E-state index is -1.40. The Hall–Kier alpha value is -4.58. The monoisotopic (exact) mass is 531 g/mol. The molecule has 1 fully saturated rings. The number of nitrogens with zero attached hydrogens (tertiary/aromatic N) is 1. The van der Waals surface area contributed by atoms with Gasteiger partial charge in [0, 0.05) is 12.3 Å². The van der Waals surface area contributed by atoms with Crippen LogP contribution in [-0.2, 0) is 29.0 Å². The first-order valence-corrected chi connectivity index (χ1v) is 12.5. The largest absolute Gasteiger partial charge is 0.493 e. The quantitative estimate of drug-likeness (QED) is 0.350. The molecule has 0 spiro atoms. The normalized spacial score (nSPS) is 19.2. The van der Waals surface area contributed by atoms with Crippen LogP contribution in [0.1, 0.15) is 16.7 Å². The van der Waals surface area contributed by atoms with Crippen LogP contribution in [0.25, 0.3) is 0 Å². The number of cyclic esters (lactones) is 1. The van der Waals surface area contributed by atoms with Crippen LogP contribution in [0.4, 0.5) is 0 Å². The fourth-order valence-corrected chi connectivity index (χ4v) is 5.06. The summed E-state index contributed by atoms with van der Waals surface area (Å²) >= 11 is 0. The molecule has 0 aromatic heterocycles. The van der Waals surface area contributed by atoms with Crippen LogP contribution < -0.4 is 28.4 Å². The average molecular weight is 532 g/mol. The first-order valence-electron chi connectivity index (χ1n) is 12.5. The highest BCUT2D eigenvalue weighted by Crippen LogP contribution is 2.47. The molecular weight excluding hydrogens is 502 g/mol. The van der Waals surface area contributed by atoms with Gasteiger partial charge < -0.3 is 33.2 Å². The van der Waals surface area contributed by atoms with Gasteiger partial charge in [0.25, 0.3) is 0 Å². The summed E-state index contributed by atoms with van der Waals surface area (Å²) in [6.07, 6.45) is 0.513. The van der Waals surface area contributed by atoms with E-state index in [9.17, 15) is 10.1 Å². The van der Waals surface area contributed by atoms with E-state index in [-0.39, 0.29) is 19.8 Å². The predicted octanol–water partition coefficient (Wildman–Crippen LogP) is 4.49. The van der Waals surface area contributed by atoms with Crippen LogP contribution in [0.5, 0.6) is 34.5 Å². The van der Waals surface area contributed by atoms with E-state index in [1.807, 2.05) is 42.5 Å². The Balaban J connectivity index is 1.42. The number of ether oxygens (including phenoxy) is 7. The SMILES string of the molecule is COc1cc(C[C@H]2COC(=O)[C@]2(C#N)Cc2cc(OC)c3c(c2)OCO3)cc(OC)c1OCc1ccccc1. The number of benzene rings is 3. The molecule has 9 heteroatoms. The number of nitriles is 1. The molecule has 0 saturated carbocycles. The third-order valence-electron chi connectivity index (χ3n) is 7.11. The molecule has 0 bridgehead atoms. The molecule has 5 rings (SSSR count). The Morgan fingerprint density at radius 1 is 0.897 bits per heavy atom. The molecule has 0 unspecified atom stereocenters. The second-order valence-electron chi connectivity index (χ2n) is 9.40. The van der Waals surface area contributed by atoms with Gasteiger partial charge in [0.1, 0.15) is 6.61 Å². The van der Waals surface area contributed by atoms with E-state index >= 15 is 0 Å². The maximum atomic E-state index is 13.0. The van der Waals surface area contributed by atoms with E-state index in [4.69, 9.17) is 33.2 Å². The van der Waals surface area contributed by atoms with Gasteiger partial charge in [-0.2, -0.15) is 5.26 Å². The van der Waals surface area contributed by atoms with E-state index < -0.39 is 17.3 Å². The summed E-state index contributed by atoms with van der Waals surface area (Å²) in [6, 6.07) is 19.3. The van der Waals surface area contributed by atoms with Crippen LogP contribution in [0.2, 0.25) is 0 Å². The Morgan fingerprint density at radius 3 is 2.26 bits per heavy atom. The summed E-state index contributed by atoms with van der Waals surface area (Å²) in [4.78, 5) is 13.0. The molecule has 0 N–H and O–H groups in total. The Labute approximate surface area is 226 Å². The number of hydrogen-bond donors (Lipinski definition) is 0. The second kappa shape index (κ2) is 11.0. The van der Waals surface area contributed by atoms with Gasteiger partial charge in [0.2, 0.25) is 18.3 Å². The number of rotatable bonds is 10. The molecule has 2 aliphatic heterocycles. The van der Waals surface area contributed by atoms with Gasteiger partial charge in [-0.3, -0.25) is 4.79 Å². The topological polar surface area (TPSA) is 105 Å². The van der Waals surface area contributed by atoms with Crippen molar-refractivity contribution < 1.29 is 38.0 Å². The molecule has 3 aromatic rings. The van der Waals surface area contributed by atoms with Crippen molar-refractivity contribution in [1.29, 1.82) is 5.26 Å². The standard InChI is InChI=1S/C30H29NO8/c1-33-23-10-20(11-24(34-2)27(23)36-15-19-7-5-4-6-8-19)9-22-16-37-29(32)30(22,17-31)14-21-12-25(35-3)28-26(13-21)38-18-39-28/h4-8,10-13,22H,9,14-16,18H2,1-3H3/t22-,30-/m0/s1. The number of hydrogen-bond acceptors (Lipinski definition) is 9. The molecule has 1 saturated heterocycles. The smallest absolute Gasteiger partial charge is 0.327 e. The molecular formula is C30H29NO8. The lowest BCUT2D eigenvalue weighted by atomic mass is 9.71. The summed E-state index contributed by atoms with van der Waals surface area (Å²) in [5, 5.41) is 10.3. The lowest BCUT2D eigenvalue weighted by Crippen LogP contribution is -2.35. The van der Waals surface area contributed by atoms with Crippen molar-refractivity contribution in [1.82, 2.24) is 0 Å². The van der Waals surface area contributed by atoms with Gasteiger partial charge >= 0.3 is 5.97 Å². The van der Waals surface area contributed by atoms with Crippen LogP contribution >= 0.6 is 0 Å². The molecule has 0 aliphatic carbocycles. The second-order valence-corrected chi connectivity index (χ2v) is 9.40. The van der Waals surface area contributed by atoms with Gasteiger partial charge in [0.15, 0.2) is 28.4 Å². The summed E-state index contributed by atoms with van der Waals surface area (Å²) < 4.78 is 39.2. The maximum absolute atomic E-state index is 13.0. The zero-order valence-electron chi connectivity index (χ0n) is 22.0. The molecule has 0 amide bonds. The van der Waals surface area contributed by atoms with Crippen LogP contribution in [0.3, 0.4) is 0 Å². The average Bonchev–Trinajstić information content (AvgIpc) is 3.56. The number of fused-ring (bicyclic) bond motifs is 1. The summed E-state index contributed by atoms with van der Waals surface area (Å²) in [7, 11) is 4.65. The van der Waals surface area contributed by atoms with Gasteiger partial charge in [0.05, 0.1) is 34.0 Å². The molecule has 39 heavy (non-hydrogen) atoms. The summed E-state index contributed by atoms with van der Waals surface area (Å²) in [5.74, 6) is 2.00. The van der Waals surface area contributed by atoms with Crippen molar-refractivity contribution >= 4 is 5.97 Å². The van der Waals surface area contributed by atoms with Gasteiger partial charge in [-0.05, 0) is 47.4 Å². The van der Waals surface area contributed by atoms with E-state index in [1.54, 1.807) is 26.4 Å². The van der Waals surface area contributed by atoms with Crippen molar-refractivity contribution in [3.63, 3.8) is 0 Å². The zero-order chi connectivity index (χ0) is 27.4. The summed E-state index contributed by atoms with van der Waals surface area (Å²) in [6.45, 7) is 0.539. The Morgan fingerprint density at radius 2 is 1.59 bits per heavy atom. The fourth-order valence-electron chi connectivity index (χ4n) is 5.06. The van der Waals surface area contributed by atoms with Crippen molar-refractivity contribution in [2.75, 3.05) is 34.7 Å². The van der Waals surface area contributed by atoms with Crippen LogP contribution in [0, 0.1) is 22.7 Å². The maximum Gasteiger partial charge on any atom is 0.327 e. The highest BCUT2D eigenvalue weighted by atomic mass is 16.7. The first-order chi connectivity index (χ1) is 19.0. The highest BCUT2D eigenvalue weighted by molar-refractivity contribution is 5.83. The first kappa shape index (κ1) is 26.0. The van der Waals surface area contributed by atoms with Gasteiger partial charge in [-0.15, -0.1) is 0 Å². The number of esters is 1. The van der Waals surface area contributed by atoms with Crippen LogP contribution in [0.15, 0.2) is 54.6 Å². The van der Waals surface area contributed by atoms with E-state index in [0.717, 1.165) is 11.1 Å². The van der Waals surface area contributed by atoms with E-state index in [0.29, 0.717) is 53.1 Å². The fraction of sp³-hybridized carbons (Fsp3) is 0.333. The predicted molar refractivity (Wildman–Crippen MR) is 139 cm³/mol. The third-order valence-corrected chi connectivity index (χ3v) is 7.11. The van der Waals surface area contributed by atoms with E-state index in [2.05, 4.69) is 6.07 Å². The van der Waals surface area contributed by atoms with Crippen molar-refractivity contribution in [3.05, 3.63) is 71.3 Å². The number of carbonyl (C=O) groups is 1. The summed E-state index contributed by atoms with van der Waals surface area (Å²) in [5.41, 5.74) is 1.14. The van der Waals surface area contributed by atoms with Crippen molar-refractivity contribution in [2.45, 2.75) is 19.4 Å². The van der Waals surface area contributed by atoms with E-state index in [1.165, 1.54) is 7.11 Å². The Bertz CT molecular complexity index is 1380. The lowest BCUT2D eigenvalue weighted by Gasteiger charge is -2.25. The van der Waals surface area contributed by atoms with Gasteiger partial charge in [-0.1, -0.05) is 30.3 Å². The zero-order valence-corrected chi connectivity index (χ0v) is 22.0. The minimum Gasteiger partial charge on any atom is -0.493 e. The number of carbonyl (C=O) groups excluding carboxylic acids is 1. The van der Waals surface area contributed by atoms with Crippen molar-refractivity contribution in [2.24, 2.45) is 11.3 Å². The highest BCUT2D eigenvalue weighted by Gasteiger charge is 2.53. The molecule has 2 atom stereocenters. The minimum absolute atomic E-state index is 0.0813. The lowest BCUT2D eigenvalue weighted by molar-refractivity contribution is -0.144. The number of methoxy groups -OCH3 is 3. The molecule has 3 aromatic carbocycles. The van der Waals surface area contributed by atoms with Gasteiger partial charge in [-0.25, -0.2) is 0 Å². The van der Waals surface area contributed by atoms with Crippen molar-refractivity contribution in [3.8, 4) is 40.6 Å². The third kappa shape index (κ3) is 4.98. The molecule has 0 radical (unpaired) electrons. The molecule has 9 nitrogen and oxygen atoms in total. The molecule has 202 valence electrons. The van der Waals surface area contributed by atoms with Crippen LogP contribution in [-0.4, -0.2) is 40.7 Å². The molecule has 2 aliphatic rings. The molecule has 2 heterocycles. The Kier molecular flexibility index (Phi) is 7.37.